The Morgan fingerprint density at radius 2 is 1.93 bits per heavy atom. The summed E-state index contributed by atoms with van der Waals surface area (Å²) in [5.74, 6) is 1.25. The van der Waals surface area contributed by atoms with Gasteiger partial charge in [-0.25, -0.2) is 9.97 Å². The molecule has 1 aliphatic rings. The third-order valence-electron chi connectivity index (χ3n) is 4.51. The lowest BCUT2D eigenvalue weighted by molar-refractivity contribution is -0.137. The van der Waals surface area contributed by atoms with E-state index in [9.17, 15) is 18.0 Å². The van der Waals surface area contributed by atoms with Crippen LogP contribution in [0.5, 0.6) is 0 Å². The maximum atomic E-state index is 12.6. The minimum atomic E-state index is -4.41. The van der Waals surface area contributed by atoms with Gasteiger partial charge in [-0.15, -0.1) is 0 Å². The lowest BCUT2D eigenvalue weighted by atomic mass is 10.0. The highest BCUT2D eigenvalue weighted by Crippen LogP contribution is 2.30. The summed E-state index contributed by atoms with van der Waals surface area (Å²) in [6, 6.07) is 5.94. The van der Waals surface area contributed by atoms with E-state index in [4.69, 9.17) is 0 Å². The summed E-state index contributed by atoms with van der Waals surface area (Å²) in [5, 5.41) is 2.59. The van der Waals surface area contributed by atoms with Gasteiger partial charge in [0.1, 0.15) is 17.3 Å². The van der Waals surface area contributed by atoms with Crippen LogP contribution in [-0.4, -0.2) is 29.0 Å². The number of aromatic nitrogens is 2. The molecule has 8 heteroatoms. The van der Waals surface area contributed by atoms with E-state index in [2.05, 4.69) is 27.1 Å². The molecule has 1 aromatic carbocycles. The minimum Gasteiger partial charge on any atom is -0.356 e. The Morgan fingerprint density at radius 1 is 1.22 bits per heavy atom. The first-order valence-electron chi connectivity index (χ1n) is 8.81. The second-order valence-electron chi connectivity index (χ2n) is 6.88. The van der Waals surface area contributed by atoms with E-state index in [0.29, 0.717) is 17.6 Å². The second-order valence-corrected chi connectivity index (χ2v) is 6.88. The molecule has 3 rings (SSSR count). The lowest BCUT2D eigenvalue weighted by Gasteiger charge is -2.32. The summed E-state index contributed by atoms with van der Waals surface area (Å²) in [7, 11) is 0. The molecule has 144 valence electrons. The van der Waals surface area contributed by atoms with Gasteiger partial charge in [0.25, 0.3) is 5.91 Å². The summed E-state index contributed by atoms with van der Waals surface area (Å²) in [6.07, 6.45) is -2.17. The molecule has 1 aliphatic heterocycles. The topological polar surface area (TPSA) is 58.1 Å². The van der Waals surface area contributed by atoms with Crippen molar-refractivity contribution in [2.75, 3.05) is 23.3 Å². The highest BCUT2D eigenvalue weighted by molar-refractivity contribution is 6.03. The number of nitrogens with zero attached hydrogens (tertiary/aromatic N) is 3. The Morgan fingerprint density at radius 3 is 2.56 bits per heavy atom. The van der Waals surface area contributed by atoms with Crippen molar-refractivity contribution >= 4 is 17.4 Å². The van der Waals surface area contributed by atoms with Gasteiger partial charge in [0.05, 0.1) is 5.56 Å². The number of anilines is 2. The van der Waals surface area contributed by atoms with Gasteiger partial charge >= 0.3 is 6.18 Å². The number of rotatable bonds is 3. The number of benzene rings is 1. The second kappa shape index (κ2) is 7.54. The van der Waals surface area contributed by atoms with Crippen LogP contribution in [-0.2, 0) is 6.18 Å². The van der Waals surface area contributed by atoms with Crippen LogP contribution in [0.15, 0.2) is 30.3 Å². The summed E-state index contributed by atoms with van der Waals surface area (Å²) >= 11 is 0. The fraction of sp³-hybridized carbons (Fsp3) is 0.421. The van der Waals surface area contributed by atoms with E-state index in [1.165, 1.54) is 18.6 Å². The van der Waals surface area contributed by atoms with Gasteiger partial charge in [-0.2, -0.15) is 13.2 Å². The number of hydrogen-bond donors (Lipinski definition) is 1. The molecule has 1 saturated heterocycles. The molecular formula is C19H21F3N4O. The number of carbonyl (C=O) groups excluding carboxylic acids is 1. The van der Waals surface area contributed by atoms with E-state index >= 15 is 0 Å². The van der Waals surface area contributed by atoms with E-state index in [1.54, 1.807) is 13.0 Å². The van der Waals surface area contributed by atoms with Crippen LogP contribution in [0.2, 0.25) is 0 Å². The van der Waals surface area contributed by atoms with Gasteiger partial charge in [0.15, 0.2) is 0 Å². The fourth-order valence-electron chi connectivity index (χ4n) is 3.17. The van der Waals surface area contributed by atoms with Crippen LogP contribution in [0.1, 0.15) is 41.6 Å². The number of aryl methyl sites for hydroxylation is 1. The highest BCUT2D eigenvalue weighted by Gasteiger charge is 2.30. The lowest BCUT2D eigenvalue weighted by Crippen LogP contribution is -2.35. The number of nitrogens with one attached hydrogen (secondary N) is 1. The molecule has 1 unspecified atom stereocenters. The normalized spacial score (nSPS) is 17.7. The number of carbonyl (C=O) groups is 1. The molecular weight excluding hydrogens is 357 g/mol. The molecule has 0 bridgehead atoms. The van der Waals surface area contributed by atoms with Crippen LogP contribution >= 0.6 is 0 Å². The first-order chi connectivity index (χ1) is 12.7. The van der Waals surface area contributed by atoms with Crippen molar-refractivity contribution < 1.29 is 18.0 Å². The van der Waals surface area contributed by atoms with Gasteiger partial charge in [-0.1, -0.05) is 6.92 Å². The van der Waals surface area contributed by atoms with E-state index in [1.807, 2.05) is 0 Å². The molecule has 0 saturated carbocycles. The van der Waals surface area contributed by atoms with Crippen LogP contribution in [0, 0.1) is 12.8 Å². The quantitative estimate of drug-likeness (QED) is 0.866. The van der Waals surface area contributed by atoms with Gasteiger partial charge in [-0.3, -0.25) is 4.79 Å². The standard InChI is InChI=1S/C19H21F3N4O/c1-12-4-3-9-26(11-12)17-10-16(23-13(2)24-17)18(27)25-15-7-5-14(6-8-15)19(20,21)22/h5-8,10,12H,3-4,9,11H2,1-2H3,(H,25,27). The van der Waals surface area contributed by atoms with Gasteiger partial charge in [-0.05, 0) is 49.9 Å². The number of piperidine rings is 1. The zero-order valence-corrected chi connectivity index (χ0v) is 15.2. The zero-order valence-electron chi connectivity index (χ0n) is 15.2. The molecule has 2 heterocycles. The molecule has 5 nitrogen and oxygen atoms in total. The van der Waals surface area contributed by atoms with Crippen molar-refractivity contribution in [3.63, 3.8) is 0 Å². The van der Waals surface area contributed by atoms with Crippen LogP contribution in [0.4, 0.5) is 24.7 Å². The average molecular weight is 378 g/mol. The smallest absolute Gasteiger partial charge is 0.356 e. The Bertz CT molecular complexity index is 821. The van der Waals surface area contributed by atoms with Crippen LogP contribution in [0.25, 0.3) is 0 Å². The Kier molecular flexibility index (Phi) is 5.34. The van der Waals surface area contributed by atoms with E-state index in [-0.39, 0.29) is 11.4 Å². The summed E-state index contributed by atoms with van der Waals surface area (Å²) < 4.78 is 37.9. The largest absolute Gasteiger partial charge is 0.416 e. The Hall–Kier alpha value is -2.64. The molecule has 27 heavy (non-hydrogen) atoms. The van der Waals surface area contributed by atoms with Crippen molar-refractivity contribution in [1.29, 1.82) is 0 Å². The molecule has 0 aliphatic carbocycles. The van der Waals surface area contributed by atoms with Crippen molar-refractivity contribution in [3.05, 3.63) is 47.4 Å². The van der Waals surface area contributed by atoms with Crippen LogP contribution in [0.3, 0.4) is 0 Å². The molecule has 2 aromatic rings. The van der Waals surface area contributed by atoms with Crippen molar-refractivity contribution in [3.8, 4) is 0 Å². The van der Waals surface area contributed by atoms with Crippen molar-refractivity contribution in [1.82, 2.24) is 9.97 Å². The molecule has 1 N–H and O–H groups in total. The van der Waals surface area contributed by atoms with Gasteiger partial charge in [0.2, 0.25) is 0 Å². The first-order valence-corrected chi connectivity index (χ1v) is 8.81. The summed E-state index contributed by atoms with van der Waals surface area (Å²) in [5.41, 5.74) is -0.298. The first kappa shape index (κ1) is 19.1. The molecule has 1 atom stereocenters. The number of hydrogen-bond acceptors (Lipinski definition) is 4. The molecule has 1 amide bonds. The Labute approximate surface area is 155 Å². The number of amides is 1. The predicted molar refractivity (Wildman–Crippen MR) is 96.8 cm³/mol. The zero-order chi connectivity index (χ0) is 19.6. The van der Waals surface area contributed by atoms with Gasteiger partial charge in [0, 0.05) is 24.8 Å². The average Bonchev–Trinajstić information content (AvgIpc) is 2.61. The molecule has 0 spiro atoms. The maximum absolute atomic E-state index is 12.6. The third kappa shape index (κ3) is 4.75. The maximum Gasteiger partial charge on any atom is 0.416 e. The molecule has 0 radical (unpaired) electrons. The minimum absolute atomic E-state index is 0.190. The summed E-state index contributed by atoms with van der Waals surface area (Å²) in [6.45, 7) is 5.64. The molecule has 1 aromatic heterocycles. The SMILES string of the molecule is Cc1nc(C(=O)Nc2ccc(C(F)(F)F)cc2)cc(N2CCCC(C)C2)n1. The third-order valence-corrected chi connectivity index (χ3v) is 4.51. The van der Waals surface area contributed by atoms with E-state index in [0.717, 1.165) is 31.6 Å². The van der Waals surface area contributed by atoms with Gasteiger partial charge < -0.3 is 10.2 Å². The number of alkyl halides is 3. The monoisotopic (exact) mass is 378 g/mol. The molecule has 1 fully saturated rings. The van der Waals surface area contributed by atoms with Crippen LogP contribution < -0.4 is 10.2 Å². The van der Waals surface area contributed by atoms with E-state index < -0.39 is 17.6 Å². The summed E-state index contributed by atoms with van der Waals surface area (Å²) in [4.78, 5) is 23.2. The predicted octanol–water partition coefficient (Wildman–Crippen LogP) is 4.29. The fourth-order valence-corrected chi connectivity index (χ4v) is 3.17. The van der Waals surface area contributed by atoms with Crippen molar-refractivity contribution in [2.24, 2.45) is 5.92 Å². The van der Waals surface area contributed by atoms with Crippen molar-refractivity contribution in [2.45, 2.75) is 32.9 Å². The highest BCUT2D eigenvalue weighted by atomic mass is 19.4. The Balaban J connectivity index is 1.76. The number of halogens is 3.